The summed E-state index contributed by atoms with van der Waals surface area (Å²) in [5.41, 5.74) is 18.8. The van der Waals surface area contributed by atoms with Crippen molar-refractivity contribution >= 4 is 61.8 Å². The van der Waals surface area contributed by atoms with Crippen LogP contribution in [0, 0.1) is 0 Å². The Hall–Kier alpha value is -8.04. The van der Waals surface area contributed by atoms with Gasteiger partial charge in [-0.15, -0.1) is 0 Å². The molecule has 0 spiro atoms. The zero-order valence-electron chi connectivity index (χ0n) is 37.0. The molecular weight excluding hydrogens is 811 g/mol. The molecule has 2 heteroatoms. The molecule has 1 aromatic heterocycles. The molecule has 0 N–H and O–H groups in total. The quantitative estimate of drug-likeness (QED) is 0.147. The van der Waals surface area contributed by atoms with E-state index in [9.17, 15) is 0 Å². The van der Waals surface area contributed by atoms with E-state index in [1.165, 1.54) is 126 Å². The topological polar surface area (TPSA) is 4.93 Å². The highest BCUT2D eigenvalue weighted by Crippen LogP contribution is 2.40. The van der Waals surface area contributed by atoms with Crippen LogP contribution in [0.1, 0.15) is 0 Å². The predicted molar refractivity (Wildman–Crippen MR) is 285 cm³/mol. The van der Waals surface area contributed by atoms with Gasteiger partial charge in [0.25, 0.3) is 0 Å². The van der Waals surface area contributed by atoms with Crippen LogP contribution in [0.2, 0.25) is 13.1 Å². The van der Waals surface area contributed by atoms with Gasteiger partial charge in [-0.25, -0.2) is 0 Å². The maximum absolute atomic E-state index is 2.53. The monoisotopic (exact) mass is 855 g/mol. The summed E-state index contributed by atoms with van der Waals surface area (Å²) in [4.78, 5) is 0. The second-order valence-corrected chi connectivity index (χ2v) is 22.8. The average Bonchev–Trinajstić information content (AvgIpc) is 3.82. The Balaban J connectivity index is 0.937. The van der Waals surface area contributed by atoms with Crippen LogP contribution in [-0.4, -0.2) is 12.6 Å². The molecule has 1 aliphatic rings. The first-order chi connectivity index (χ1) is 32.5. The molecule has 1 aliphatic heterocycles. The van der Waals surface area contributed by atoms with Crippen molar-refractivity contribution in [2.45, 2.75) is 13.1 Å². The van der Waals surface area contributed by atoms with Crippen molar-refractivity contribution in [2.75, 3.05) is 0 Å². The van der Waals surface area contributed by atoms with Gasteiger partial charge in [0.1, 0.15) is 8.07 Å². The average molecular weight is 856 g/mol. The van der Waals surface area contributed by atoms with Crippen LogP contribution >= 0.6 is 0 Å². The number of hydrogen-bond acceptors (Lipinski definition) is 0. The number of nitrogens with zero attached hydrogens (tertiary/aromatic N) is 1. The summed E-state index contributed by atoms with van der Waals surface area (Å²) in [5.74, 6) is 0. The summed E-state index contributed by atoms with van der Waals surface area (Å²) in [5, 5.41) is 10.6. The highest BCUT2D eigenvalue weighted by Gasteiger charge is 2.38. The van der Waals surface area contributed by atoms with Crippen LogP contribution in [0.4, 0.5) is 0 Å². The van der Waals surface area contributed by atoms with Crippen molar-refractivity contribution in [1.82, 2.24) is 4.57 Å². The lowest BCUT2D eigenvalue weighted by Crippen LogP contribution is -2.49. The Labute approximate surface area is 386 Å². The first-order valence-electron chi connectivity index (χ1n) is 23.1. The van der Waals surface area contributed by atoms with Crippen molar-refractivity contribution in [2.24, 2.45) is 0 Å². The highest BCUT2D eigenvalue weighted by molar-refractivity contribution is 7.03. The van der Waals surface area contributed by atoms with E-state index in [0.29, 0.717) is 0 Å². The molecule has 310 valence electrons. The van der Waals surface area contributed by atoms with E-state index in [0.717, 1.165) is 0 Å². The van der Waals surface area contributed by atoms with Crippen molar-refractivity contribution in [1.29, 1.82) is 0 Å². The molecule has 12 aromatic rings. The Morgan fingerprint density at radius 2 is 0.682 bits per heavy atom. The normalized spacial score (nSPS) is 12.8. The summed E-state index contributed by atoms with van der Waals surface area (Å²) >= 11 is 0. The summed E-state index contributed by atoms with van der Waals surface area (Å²) in [6.07, 6.45) is 0. The number of rotatable bonds is 6. The van der Waals surface area contributed by atoms with Crippen LogP contribution in [0.25, 0.3) is 116 Å². The number of aromatic nitrogens is 1. The molecule has 0 saturated carbocycles. The van der Waals surface area contributed by atoms with E-state index in [2.05, 4.69) is 254 Å². The maximum atomic E-state index is 2.53. The molecule has 66 heavy (non-hydrogen) atoms. The second kappa shape index (κ2) is 15.0. The molecule has 0 saturated heterocycles. The van der Waals surface area contributed by atoms with Crippen molar-refractivity contribution in [3.8, 4) is 72.4 Å². The fraction of sp³-hybridized carbons (Fsp3) is 0.0312. The number of hydrogen-bond donors (Lipinski definition) is 0. The predicted octanol–water partition coefficient (Wildman–Crippen LogP) is 16.2. The molecule has 0 fully saturated rings. The Morgan fingerprint density at radius 3 is 1.24 bits per heavy atom. The standard InChI is InChI=1S/C64H45NSi/c1-66(2)63-40-51(42-12-4-3-5-13-42)30-34-57(63)58-35-33-52(41-64(58)66)65-61-36-31-49(43-22-26-47(27-23-43)55-20-10-16-45-14-6-8-18-53(45)55)38-59(61)60-39-50(32-37-62(60)65)44-24-28-48(29-25-44)56-21-11-17-46-15-7-9-19-54(46)56/h3-41H,1-2H3. The van der Waals surface area contributed by atoms with Gasteiger partial charge in [0.15, 0.2) is 0 Å². The van der Waals surface area contributed by atoms with Gasteiger partial charge in [-0.05, 0) is 135 Å². The molecule has 1 nitrogen and oxygen atoms in total. The van der Waals surface area contributed by atoms with E-state index < -0.39 is 8.07 Å². The third kappa shape index (κ3) is 6.14. The molecule has 0 unspecified atom stereocenters. The van der Waals surface area contributed by atoms with E-state index in [-0.39, 0.29) is 0 Å². The van der Waals surface area contributed by atoms with Crippen molar-refractivity contribution in [3.63, 3.8) is 0 Å². The zero-order valence-corrected chi connectivity index (χ0v) is 38.0. The van der Waals surface area contributed by atoms with Crippen LogP contribution in [0.15, 0.2) is 237 Å². The van der Waals surface area contributed by atoms with Crippen LogP contribution in [-0.2, 0) is 0 Å². The summed E-state index contributed by atoms with van der Waals surface area (Å²) in [6, 6.07) is 88.1. The molecule has 11 aromatic carbocycles. The SMILES string of the molecule is C[Si]1(C)c2cc(-c3ccccc3)ccc2-c2ccc(-n3c4ccc(-c5ccc(-c6cccc7ccccc67)cc5)cc4c4cc(-c5ccc(-c6cccc7ccccc67)cc5)ccc43)cc21. The molecule has 0 bridgehead atoms. The molecule has 0 amide bonds. The van der Waals surface area contributed by atoms with E-state index in [1.54, 1.807) is 0 Å². The Kier molecular flexibility index (Phi) is 8.74. The zero-order chi connectivity index (χ0) is 43.9. The minimum atomic E-state index is -2.03. The fourth-order valence-corrected chi connectivity index (χ4v) is 14.1. The largest absolute Gasteiger partial charge is 0.309 e. The van der Waals surface area contributed by atoms with Crippen molar-refractivity contribution < 1.29 is 0 Å². The summed E-state index contributed by atoms with van der Waals surface area (Å²) < 4.78 is 2.51. The smallest absolute Gasteiger partial charge is 0.113 e. The highest BCUT2D eigenvalue weighted by atomic mass is 28.3. The first kappa shape index (κ1) is 38.4. The van der Waals surface area contributed by atoms with E-state index in [4.69, 9.17) is 0 Å². The minimum Gasteiger partial charge on any atom is -0.309 e. The van der Waals surface area contributed by atoms with Crippen LogP contribution in [0.3, 0.4) is 0 Å². The van der Waals surface area contributed by atoms with Gasteiger partial charge >= 0.3 is 0 Å². The summed E-state index contributed by atoms with van der Waals surface area (Å²) in [6.45, 7) is 5.05. The molecule has 2 heterocycles. The lowest BCUT2D eigenvalue weighted by Gasteiger charge is -2.20. The number of fused-ring (bicyclic) bond motifs is 8. The third-order valence-corrected chi connectivity index (χ3v) is 17.9. The minimum absolute atomic E-state index is 1.21. The first-order valence-corrected chi connectivity index (χ1v) is 26.1. The van der Waals surface area contributed by atoms with Crippen molar-refractivity contribution in [3.05, 3.63) is 237 Å². The van der Waals surface area contributed by atoms with Crippen LogP contribution in [0.5, 0.6) is 0 Å². The summed E-state index contributed by atoms with van der Waals surface area (Å²) in [7, 11) is -2.03. The van der Waals surface area contributed by atoms with Gasteiger partial charge in [-0.1, -0.05) is 213 Å². The molecule has 0 atom stereocenters. The maximum Gasteiger partial charge on any atom is 0.113 e. The Morgan fingerprint density at radius 1 is 0.273 bits per heavy atom. The van der Waals surface area contributed by atoms with Gasteiger partial charge < -0.3 is 4.57 Å². The van der Waals surface area contributed by atoms with Gasteiger partial charge in [0.2, 0.25) is 0 Å². The lowest BCUT2D eigenvalue weighted by atomic mass is 9.95. The van der Waals surface area contributed by atoms with Gasteiger partial charge in [-0.2, -0.15) is 0 Å². The lowest BCUT2D eigenvalue weighted by molar-refractivity contribution is 1.18. The van der Waals surface area contributed by atoms with Gasteiger partial charge in [-0.3, -0.25) is 0 Å². The number of benzene rings is 11. The fourth-order valence-electron chi connectivity index (χ4n) is 11.0. The molecule has 13 rings (SSSR count). The molecule has 0 aliphatic carbocycles. The third-order valence-electron chi connectivity index (χ3n) is 14.4. The second-order valence-electron chi connectivity index (χ2n) is 18.5. The van der Waals surface area contributed by atoms with E-state index >= 15 is 0 Å². The van der Waals surface area contributed by atoms with Gasteiger partial charge in [0.05, 0.1) is 11.0 Å². The van der Waals surface area contributed by atoms with Crippen LogP contribution < -0.4 is 10.4 Å². The molecular formula is C64H45NSi. The van der Waals surface area contributed by atoms with E-state index in [1.807, 2.05) is 0 Å². The molecule has 0 radical (unpaired) electrons. The van der Waals surface area contributed by atoms with Gasteiger partial charge in [0, 0.05) is 16.5 Å². The Bertz CT molecular complexity index is 3680.